The molecular formula is C14H11ClF3N3S2. The number of aliphatic imine (C=N–C) groups is 1. The van der Waals surface area contributed by atoms with Gasteiger partial charge in [0.15, 0.2) is 9.63 Å². The third-order valence-electron chi connectivity index (χ3n) is 3.16. The Labute approximate surface area is 144 Å². The predicted octanol–water partition coefficient (Wildman–Crippen LogP) is 5.05. The number of nitrogens with zero attached hydrogens (tertiary/aromatic N) is 3. The molecule has 1 saturated heterocycles. The van der Waals surface area contributed by atoms with Gasteiger partial charge in [-0.1, -0.05) is 35.5 Å². The van der Waals surface area contributed by atoms with Crippen molar-refractivity contribution in [3.8, 4) is 0 Å². The molecule has 1 aromatic carbocycles. The van der Waals surface area contributed by atoms with Crippen molar-refractivity contribution in [2.75, 3.05) is 12.3 Å². The fourth-order valence-corrected chi connectivity index (χ4v) is 4.13. The Bertz CT molecular complexity index is 730. The first-order valence-corrected chi connectivity index (χ1v) is 8.84. The highest BCUT2D eigenvalue weighted by molar-refractivity contribution is 8.14. The second-order valence-electron chi connectivity index (χ2n) is 4.76. The van der Waals surface area contributed by atoms with E-state index in [1.807, 2.05) is 4.90 Å². The Kier molecular flexibility index (Phi) is 4.84. The maximum Gasteiger partial charge on any atom is 0.418 e. The summed E-state index contributed by atoms with van der Waals surface area (Å²) in [5, 5.41) is 0.589. The van der Waals surface area contributed by atoms with Crippen LogP contribution in [0.1, 0.15) is 10.4 Å². The topological polar surface area (TPSA) is 28.5 Å². The molecule has 122 valence electrons. The Morgan fingerprint density at radius 2 is 2.09 bits per heavy atom. The maximum atomic E-state index is 13.1. The van der Waals surface area contributed by atoms with Crippen molar-refractivity contribution in [2.24, 2.45) is 4.99 Å². The van der Waals surface area contributed by atoms with Crippen LogP contribution in [-0.2, 0) is 12.7 Å². The third kappa shape index (κ3) is 3.99. The Balaban J connectivity index is 1.87. The summed E-state index contributed by atoms with van der Waals surface area (Å²) in [4.78, 5) is 11.1. The molecule has 0 amide bonds. The van der Waals surface area contributed by atoms with Crippen LogP contribution in [0.2, 0.25) is 4.47 Å². The van der Waals surface area contributed by atoms with E-state index in [1.54, 1.807) is 12.3 Å². The summed E-state index contributed by atoms with van der Waals surface area (Å²) < 4.78 is 39.6. The molecule has 1 aromatic heterocycles. The number of thioether (sulfide) groups is 1. The van der Waals surface area contributed by atoms with E-state index in [4.69, 9.17) is 11.6 Å². The number of para-hydroxylation sites is 1. The van der Waals surface area contributed by atoms with Gasteiger partial charge in [-0.3, -0.25) is 0 Å². The van der Waals surface area contributed by atoms with Crippen LogP contribution in [0.5, 0.6) is 0 Å². The zero-order valence-corrected chi connectivity index (χ0v) is 14.1. The van der Waals surface area contributed by atoms with E-state index in [0.29, 0.717) is 16.2 Å². The van der Waals surface area contributed by atoms with Crippen LogP contribution in [0.25, 0.3) is 0 Å². The van der Waals surface area contributed by atoms with Crippen LogP contribution in [-0.4, -0.2) is 27.3 Å². The molecule has 9 heteroatoms. The normalized spacial score (nSPS) is 17.2. The third-order valence-corrected chi connectivity index (χ3v) is 5.25. The molecule has 3 rings (SSSR count). The lowest BCUT2D eigenvalue weighted by Gasteiger charge is -2.17. The van der Waals surface area contributed by atoms with Crippen molar-refractivity contribution in [2.45, 2.75) is 12.7 Å². The average molecular weight is 378 g/mol. The molecule has 0 N–H and O–H groups in total. The first-order valence-electron chi connectivity index (χ1n) is 6.66. The standard InChI is InChI=1S/C14H11ClF3N3S2/c15-12-19-7-9(23-12)8-21-5-6-22-13(21)20-11-4-2-1-3-10(11)14(16,17)18/h1-4,7H,5-6,8H2. The van der Waals surface area contributed by atoms with E-state index in [9.17, 15) is 13.2 Å². The second-order valence-corrected chi connectivity index (χ2v) is 7.52. The fraction of sp³-hybridized carbons (Fsp3) is 0.286. The molecule has 1 aliphatic heterocycles. The molecule has 0 unspecified atom stereocenters. The monoisotopic (exact) mass is 377 g/mol. The molecule has 2 aromatic rings. The van der Waals surface area contributed by atoms with Gasteiger partial charge in [0.25, 0.3) is 0 Å². The summed E-state index contributed by atoms with van der Waals surface area (Å²) in [7, 11) is 0. The Morgan fingerprint density at radius 3 is 2.78 bits per heavy atom. The van der Waals surface area contributed by atoms with Crippen molar-refractivity contribution < 1.29 is 13.2 Å². The van der Waals surface area contributed by atoms with Gasteiger partial charge in [0.1, 0.15) is 0 Å². The SMILES string of the molecule is FC(F)(F)c1ccccc1N=C1SCCN1Cc1cnc(Cl)s1. The molecule has 0 radical (unpaired) electrons. The smallest absolute Gasteiger partial charge is 0.345 e. The molecule has 2 heterocycles. The van der Waals surface area contributed by atoms with Gasteiger partial charge in [-0.05, 0) is 12.1 Å². The Hall–Kier alpha value is -1.25. The minimum atomic E-state index is -4.42. The highest BCUT2D eigenvalue weighted by atomic mass is 35.5. The first kappa shape index (κ1) is 16.6. The second kappa shape index (κ2) is 6.70. The van der Waals surface area contributed by atoms with Crippen molar-refractivity contribution in [1.82, 2.24) is 9.88 Å². The summed E-state index contributed by atoms with van der Waals surface area (Å²) in [6.07, 6.45) is -2.74. The van der Waals surface area contributed by atoms with E-state index in [2.05, 4.69) is 9.98 Å². The van der Waals surface area contributed by atoms with E-state index in [0.717, 1.165) is 23.2 Å². The molecule has 23 heavy (non-hydrogen) atoms. The van der Waals surface area contributed by atoms with E-state index < -0.39 is 11.7 Å². The summed E-state index contributed by atoms with van der Waals surface area (Å²) in [6.45, 7) is 1.28. The number of hydrogen-bond donors (Lipinski definition) is 0. The van der Waals surface area contributed by atoms with Gasteiger partial charge in [-0.15, -0.1) is 11.3 Å². The van der Waals surface area contributed by atoms with Crippen LogP contribution in [0.4, 0.5) is 18.9 Å². The van der Waals surface area contributed by atoms with Gasteiger partial charge < -0.3 is 4.90 Å². The number of benzene rings is 1. The molecule has 0 bridgehead atoms. The lowest BCUT2D eigenvalue weighted by molar-refractivity contribution is -0.137. The number of amidine groups is 1. The zero-order valence-electron chi connectivity index (χ0n) is 11.7. The maximum absolute atomic E-state index is 13.1. The predicted molar refractivity (Wildman–Crippen MR) is 88.5 cm³/mol. The van der Waals surface area contributed by atoms with Gasteiger partial charge in [-0.25, -0.2) is 9.98 Å². The highest BCUT2D eigenvalue weighted by Gasteiger charge is 2.33. The van der Waals surface area contributed by atoms with Crippen molar-refractivity contribution in [3.63, 3.8) is 0 Å². The van der Waals surface area contributed by atoms with Crippen LogP contribution in [0.15, 0.2) is 35.5 Å². The van der Waals surface area contributed by atoms with Crippen LogP contribution in [0.3, 0.4) is 0 Å². The number of rotatable bonds is 3. The number of hydrogen-bond acceptors (Lipinski definition) is 4. The summed E-state index contributed by atoms with van der Waals surface area (Å²) in [6, 6.07) is 5.36. The summed E-state index contributed by atoms with van der Waals surface area (Å²) >= 11 is 8.62. The molecule has 1 aliphatic rings. The van der Waals surface area contributed by atoms with Crippen molar-refractivity contribution in [3.05, 3.63) is 45.4 Å². The summed E-state index contributed by atoms with van der Waals surface area (Å²) in [5.74, 6) is 0.791. The van der Waals surface area contributed by atoms with Gasteiger partial charge in [0, 0.05) is 23.4 Å². The molecule has 0 saturated carbocycles. The molecule has 1 fully saturated rings. The quantitative estimate of drug-likeness (QED) is 0.749. The number of thiazole rings is 1. The van der Waals surface area contributed by atoms with Crippen LogP contribution in [0, 0.1) is 0 Å². The van der Waals surface area contributed by atoms with Gasteiger partial charge in [0.2, 0.25) is 0 Å². The first-order chi connectivity index (χ1) is 10.9. The largest absolute Gasteiger partial charge is 0.418 e. The van der Waals surface area contributed by atoms with Crippen LogP contribution >= 0.6 is 34.7 Å². The van der Waals surface area contributed by atoms with E-state index in [-0.39, 0.29) is 5.69 Å². The minimum absolute atomic E-state index is 0.0586. The molecule has 0 aliphatic carbocycles. The fourth-order valence-electron chi connectivity index (χ4n) is 2.14. The molecule has 0 atom stereocenters. The summed E-state index contributed by atoms with van der Waals surface area (Å²) in [5.41, 5.74) is -0.780. The lowest BCUT2D eigenvalue weighted by atomic mass is 10.2. The van der Waals surface area contributed by atoms with Gasteiger partial charge >= 0.3 is 6.18 Å². The Morgan fingerprint density at radius 1 is 1.30 bits per heavy atom. The lowest BCUT2D eigenvalue weighted by Crippen LogP contribution is -2.23. The molecule has 0 spiro atoms. The molecule has 3 nitrogen and oxygen atoms in total. The zero-order chi connectivity index (χ0) is 16.4. The minimum Gasteiger partial charge on any atom is -0.345 e. The highest BCUT2D eigenvalue weighted by Crippen LogP contribution is 2.37. The number of alkyl halides is 3. The number of aromatic nitrogens is 1. The van der Waals surface area contributed by atoms with Gasteiger partial charge in [0.05, 0.1) is 17.8 Å². The van der Waals surface area contributed by atoms with Gasteiger partial charge in [-0.2, -0.15) is 13.2 Å². The number of halogens is 4. The van der Waals surface area contributed by atoms with Crippen LogP contribution < -0.4 is 0 Å². The average Bonchev–Trinajstić information content (AvgIpc) is 3.09. The molecular weight excluding hydrogens is 367 g/mol. The van der Waals surface area contributed by atoms with E-state index >= 15 is 0 Å². The van der Waals surface area contributed by atoms with Crippen molar-refractivity contribution >= 4 is 45.6 Å². The van der Waals surface area contributed by atoms with E-state index in [1.165, 1.54) is 35.2 Å². The van der Waals surface area contributed by atoms with Crippen molar-refractivity contribution in [1.29, 1.82) is 0 Å².